The van der Waals surface area contributed by atoms with E-state index in [1.54, 1.807) is 6.92 Å². The summed E-state index contributed by atoms with van der Waals surface area (Å²) < 4.78 is 0. The van der Waals surface area contributed by atoms with E-state index < -0.39 is 12.0 Å². The Kier molecular flexibility index (Phi) is 3.19. The van der Waals surface area contributed by atoms with E-state index in [1.165, 1.54) is 0 Å². The highest BCUT2D eigenvalue weighted by atomic mass is 16.4. The number of hydrogen-bond donors (Lipinski definition) is 2. The lowest BCUT2D eigenvalue weighted by molar-refractivity contribution is -0.138. The molecule has 8 heavy (non-hydrogen) atoms. The molecule has 0 aromatic heterocycles. The molecule has 0 rings (SSSR count). The largest absolute Gasteiger partial charge is 0.480 e. The molecule has 0 spiro atoms. The van der Waals surface area contributed by atoms with Crippen molar-refractivity contribution in [1.82, 2.24) is 5.32 Å². The summed E-state index contributed by atoms with van der Waals surface area (Å²) in [5, 5.41) is 11.0. The van der Waals surface area contributed by atoms with Crippen molar-refractivity contribution in [2.45, 2.75) is 19.9 Å². The van der Waals surface area contributed by atoms with Gasteiger partial charge in [0.1, 0.15) is 6.04 Å². The summed E-state index contributed by atoms with van der Waals surface area (Å²) in [5.41, 5.74) is 0. The Balaban J connectivity index is 3.32. The highest BCUT2D eigenvalue weighted by molar-refractivity contribution is 5.72. The average Bonchev–Trinajstić information content (AvgIpc) is 1.67. The first-order chi connectivity index (χ1) is 3.68. The van der Waals surface area contributed by atoms with Gasteiger partial charge in [-0.05, 0) is 13.5 Å². The second-order valence-corrected chi connectivity index (χ2v) is 1.62. The molecule has 0 fully saturated rings. The van der Waals surface area contributed by atoms with Crippen molar-refractivity contribution in [3.63, 3.8) is 0 Å². The van der Waals surface area contributed by atoms with Crippen molar-refractivity contribution >= 4 is 5.97 Å². The fraction of sp³-hybridized carbons (Fsp3) is 0.800. The smallest absolute Gasteiger partial charge is 0.320 e. The van der Waals surface area contributed by atoms with Crippen LogP contribution in [0.25, 0.3) is 0 Å². The van der Waals surface area contributed by atoms with Crippen molar-refractivity contribution in [3.05, 3.63) is 0 Å². The van der Waals surface area contributed by atoms with Crippen LogP contribution in [0.1, 0.15) is 13.8 Å². The van der Waals surface area contributed by atoms with Crippen LogP contribution < -0.4 is 5.32 Å². The minimum atomic E-state index is -0.799. The second kappa shape index (κ2) is 3.43. The minimum absolute atomic E-state index is 0.417. The molecule has 0 radical (unpaired) electrons. The topological polar surface area (TPSA) is 49.3 Å². The van der Waals surface area contributed by atoms with Gasteiger partial charge in [-0.1, -0.05) is 6.92 Å². The number of rotatable bonds is 3. The molecule has 0 aromatic carbocycles. The monoisotopic (exact) mass is 117 g/mol. The van der Waals surface area contributed by atoms with Crippen LogP contribution in [-0.2, 0) is 4.79 Å². The molecule has 0 heterocycles. The first kappa shape index (κ1) is 7.43. The van der Waals surface area contributed by atoms with Crippen LogP contribution >= 0.6 is 0 Å². The number of carboxylic acids is 1. The van der Waals surface area contributed by atoms with Gasteiger partial charge in [-0.3, -0.25) is 4.79 Å². The van der Waals surface area contributed by atoms with E-state index in [0.717, 1.165) is 0 Å². The van der Waals surface area contributed by atoms with Gasteiger partial charge < -0.3 is 10.4 Å². The number of carboxylic acid groups (broad SMARTS) is 1. The number of likely N-dealkylation sites (N-methyl/N-ethyl adjacent to an activating group) is 1. The third-order valence-corrected chi connectivity index (χ3v) is 0.881. The summed E-state index contributed by atoms with van der Waals surface area (Å²) >= 11 is 0. The average molecular weight is 117 g/mol. The first-order valence-electron chi connectivity index (χ1n) is 2.64. The van der Waals surface area contributed by atoms with Gasteiger partial charge in [-0.15, -0.1) is 0 Å². The van der Waals surface area contributed by atoms with Crippen LogP contribution in [0.4, 0.5) is 0 Å². The van der Waals surface area contributed by atoms with Crippen molar-refractivity contribution in [2.24, 2.45) is 0 Å². The maximum Gasteiger partial charge on any atom is 0.320 e. The van der Waals surface area contributed by atoms with Gasteiger partial charge in [0.05, 0.1) is 0 Å². The van der Waals surface area contributed by atoms with Gasteiger partial charge >= 0.3 is 5.97 Å². The highest BCUT2D eigenvalue weighted by Crippen LogP contribution is 1.77. The molecule has 1 unspecified atom stereocenters. The van der Waals surface area contributed by atoms with Gasteiger partial charge in [0.15, 0.2) is 0 Å². The standard InChI is InChI=1S/C5H11NO2/c1-3-6-4(2)5(7)8/h4,6H,3H2,1-2H3,(H,7,8). The predicted molar refractivity (Wildman–Crippen MR) is 30.8 cm³/mol. The zero-order valence-electron chi connectivity index (χ0n) is 5.14. The van der Waals surface area contributed by atoms with Gasteiger partial charge in [0.2, 0.25) is 0 Å². The van der Waals surface area contributed by atoms with Gasteiger partial charge in [-0.2, -0.15) is 0 Å². The van der Waals surface area contributed by atoms with Crippen molar-refractivity contribution in [2.75, 3.05) is 6.54 Å². The molecule has 3 heteroatoms. The number of nitrogens with one attached hydrogen (secondary N) is 1. The van der Waals surface area contributed by atoms with E-state index in [-0.39, 0.29) is 0 Å². The molecule has 0 bridgehead atoms. The molecule has 0 amide bonds. The molecule has 0 aliphatic carbocycles. The first-order valence-corrected chi connectivity index (χ1v) is 2.64. The molecule has 0 saturated heterocycles. The Labute approximate surface area is 48.7 Å². The fourth-order valence-electron chi connectivity index (χ4n) is 0.393. The summed E-state index contributed by atoms with van der Waals surface area (Å²) in [6, 6.07) is -0.417. The zero-order chi connectivity index (χ0) is 6.57. The van der Waals surface area contributed by atoms with Crippen molar-refractivity contribution in [1.29, 1.82) is 0 Å². The Morgan fingerprint density at radius 1 is 1.88 bits per heavy atom. The summed E-state index contributed by atoms with van der Waals surface area (Å²) in [6.45, 7) is 4.19. The minimum Gasteiger partial charge on any atom is -0.480 e. The lowest BCUT2D eigenvalue weighted by Crippen LogP contribution is -2.33. The van der Waals surface area contributed by atoms with Gasteiger partial charge in [0, 0.05) is 0 Å². The fourth-order valence-corrected chi connectivity index (χ4v) is 0.393. The summed E-state index contributed by atoms with van der Waals surface area (Å²) in [4.78, 5) is 10.0. The van der Waals surface area contributed by atoms with E-state index in [0.29, 0.717) is 6.54 Å². The lowest BCUT2D eigenvalue weighted by Gasteiger charge is -2.03. The Morgan fingerprint density at radius 3 is 2.50 bits per heavy atom. The van der Waals surface area contributed by atoms with Crippen molar-refractivity contribution < 1.29 is 9.90 Å². The molecule has 2 N–H and O–H groups in total. The zero-order valence-corrected chi connectivity index (χ0v) is 5.14. The highest BCUT2D eigenvalue weighted by Gasteiger charge is 2.06. The molecule has 1 atom stereocenters. The third kappa shape index (κ3) is 2.58. The maximum atomic E-state index is 10.0. The van der Waals surface area contributed by atoms with Gasteiger partial charge in [0.25, 0.3) is 0 Å². The number of aliphatic carboxylic acids is 1. The SMILES string of the molecule is CCNC(C)C(=O)O. The quantitative estimate of drug-likeness (QED) is 0.550. The van der Waals surface area contributed by atoms with E-state index >= 15 is 0 Å². The molecule has 0 aliphatic heterocycles. The molecule has 0 aromatic rings. The number of carbonyl (C=O) groups is 1. The van der Waals surface area contributed by atoms with Crippen LogP contribution in [0, 0.1) is 0 Å². The molecule has 0 saturated carbocycles. The molecular weight excluding hydrogens is 106 g/mol. The third-order valence-electron chi connectivity index (χ3n) is 0.881. The van der Waals surface area contributed by atoms with Crippen molar-refractivity contribution in [3.8, 4) is 0 Å². The van der Waals surface area contributed by atoms with E-state index in [9.17, 15) is 4.79 Å². The maximum absolute atomic E-state index is 10.0. The summed E-state index contributed by atoms with van der Waals surface area (Å²) in [5.74, 6) is -0.799. The Bertz CT molecular complexity index is 82.5. The summed E-state index contributed by atoms with van der Waals surface area (Å²) in [7, 11) is 0. The number of hydrogen-bond acceptors (Lipinski definition) is 2. The lowest BCUT2D eigenvalue weighted by atomic mass is 10.3. The second-order valence-electron chi connectivity index (χ2n) is 1.62. The molecule has 3 nitrogen and oxygen atoms in total. The molecule has 48 valence electrons. The van der Waals surface area contributed by atoms with Crippen LogP contribution in [0.15, 0.2) is 0 Å². The van der Waals surface area contributed by atoms with Gasteiger partial charge in [-0.25, -0.2) is 0 Å². The van der Waals surface area contributed by atoms with E-state index in [2.05, 4.69) is 5.32 Å². The Morgan fingerprint density at radius 2 is 2.38 bits per heavy atom. The predicted octanol–water partition coefficient (Wildman–Crippen LogP) is 0.0690. The summed E-state index contributed by atoms with van der Waals surface area (Å²) in [6.07, 6.45) is 0. The van der Waals surface area contributed by atoms with E-state index in [4.69, 9.17) is 5.11 Å². The van der Waals surface area contributed by atoms with E-state index in [1.807, 2.05) is 6.92 Å². The van der Waals surface area contributed by atoms with Crippen LogP contribution in [-0.4, -0.2) is 23.7 Å². The van der Waals surface area contributed by atoms with Crippen LogP contribution in [0.2, 0.25) is 0 Å². The molecule has 0 aliphatic rings. The Hall–Kier alpha value is -0.570. The van der Waals surface area contributed by atoms with Crippen LogP contribution in [0.3, 0.4) is 0 Å². The van der Waals surface area contributed by atoms with Crippen LogP contribution in [0.5, 0.6) is 0 Å². The molecular formula is C5H11NO2. The normalized spacial score (nSPS) is 13.2.